The Morgan fingerprint density at radius 3 is 2.40 bits per heavy atom. The van der Waals surface area contributed by atoms with Gasteiger partial charge in [0, 0.05) is 25.3 Å². The molecular formula is C18H22N2. The first-order valence-corrected chi connectivity index (χ1v) is 7.04. The molecule has 104 valence electrons. The summed E-state index contributed by atoms with van der Waals surface area (Å²) >= 11 is 0. The number of rotatable bonds is 5. The molecule has 0 saturated carbocycles. The average molecular weight is 266 g/mol. The van der Waals surface area contributed by atoms with E-state index in [0.717, 1.165) is 6.42 Å². The molecule has 2 nitrogen and oxygen atoms in total. The highest BCUT2D eigenvalue weighted by molar-refractivity contribution is 5.85. The van der Waals surface area contributed by atoms with Gasteiger partial charge in [0.1, 0.15) is 0 Å². The van der Waals surface area contributed by atoms with Crippen molar-refractivity contribution in [3.63, 3.8) is 0 Å². The van der Waals surface area contributed by atoms with E-state index in [1.54, 1.807) is 0 Å². The van der Waals surface area contributed by atoms with Crippen LogP contribution in [0.4, 0.5) is 5.69 Å². The molecule has 0 fully saturated rings. The van der Waals surface area contributed by atoms with E-state index in [1.807, 2.05) is 20.3 Å². The van der Waals surface area contributed by atoms with Crippen molar-refractivity contribution < 1.29 is 0 Å². The van der Waals surface area contributed by atoms with Crippen LogP contribution in [0.2, 0.25) is 0 Å². The van der Waals surface area contributed by atoms with E-state index < -0.39 is 0 Å². The molecule has 0 unspecified atom stereocenters. The van der Waals surface area contributed by atoms with Gasteiger partial charge in [0.15, 0.2) is 0 Å². The SMILES string of the molecule is CCc1cccc(-c2ccccc2/C=C\NC)c1NC. The lowest BCUT2D eigenvalue weighted by molar-refractivity contribution is 1.11. The molecule has 20 heavy (non-hydrogen) atoms. The second-order valence-electron chi connectivity index (χ2n) is 4.65. The third-order valence-corrected chi connectivity index (χ3v) is 3.46. The molecule has 0 radical (unpaired) electrons. The molecule has 2 aromatic carbocycles. The molecule has 0 bridgehead atoms. The summed E-state index contributed by atoms with van der Waals surface area (Å²) in [6, 6.07) is 15.0. The molecule has 0 aliphatic heterocycles. The Kier molecular flexibility index (Phi) is 4.83. The van der Waals surface area contributed by atoms with Crippen LogP contribution < -0.4 is 10.6 Å². The summed E-state index contributed by atoms with van der Waals surface area (Å²) in [5, 5.41) is 6.41. The van der Waals surface area contributed by atoms with Gasteiger partial charge in [0.05, 0.1) is 0 Å². The van der Waals surface area contributed by atoms with Crippen molar-refractivity contribution in [3.8, 4) is 11.1 Å². The van der Waals surface area contributed by atoms with Crippen LogP contribution in [0.5, 0.6) is 0 Å². The summed E-state index contributed by atoms with van der Waals surface area (Å²) < 4.78 is 0. The van der Waals surface area contributed by atoms with Gasteiger partial charge in [-0.2, -0.15) is 0 Å². The predicted octanol–water partition coefficient (Wildman–Crippen LogP) is 4.15. The molecule has 2 heteroatoms. The summed E-state index contributed by atoms with van der Waals surface area (Å²) in [6.45, 7) is 2.19. The molecule has 0 aliphatic rings. The largest absolute Gasteiger partial charge is 0.394 e. The third-order valence-electron chi connectivity index (χ3n) is 3.46. The maximum atomic E-state index is 3.36. The summed E-state index contributed by atoms with van der Waals surface area (Å²) in [5.41, 5.74) is 6.28. The van der Waals surface area contributed by atoms with Crippen molar-refractivity contribution in [2.75, 3.05) is 19.4 Å². The van der Waals surface area contributed by atoms with Crippen molar-refractivity contribution >= 4 is 11.8 Å². The summed E-state index contributed by atoms with van der Waals surface area (Å²) in [7, 11) is 3.90. The van der Waals surface area contributed by atoms with Gasteiger partial charge < -0.3 is 10.6 Å². The topological polar surface area (TPSA) is 24.1 Å². The molecule has 0 aliphatic carbocycles. The predicted molar refractivity (Wildman–Crippen MR) is 88.9 cm³/mol. The Hall–Kier alpha value is -2.22. The van der Waals surface area contributed by atoms with Crippen molar-refractivity contribution in [2.45, 2.75) is 13.3 Å². The molecule has 2 aromatic rings. The van der Waals surface area contributed by atoms with E-state index in [1.165, 1.54) is 27.9 Å². The zero-order valence-corrected chi connectivity index (χ0v) is 12.4. The average Bonchev–Trinajstić information content (AvgIpc) is 2.52. The number of hydrogen-bond donors (Lipinski definition) is 2. The van der Waals surface area contributed by atoms with Gasteiger partial charge >= 0.3 is 0 Å². The van der Waals surface area contributed by atoms with Crippen molar-refractivity contribution in [1.29, 1.82) is 0 Å². The van der Waals surface area contributed by atoms with Crippen molar-refractivity contribution in [3.05, 3.63) is 59.8 Å². The number of anilines is 1. The van der Waals surface area contributed by atoms with Crippen LogP contribution in [0.3, 0.4) is 0 Å². The number of nitrogens with one attached hydrogen (secondary N) is 2. The van der Waals surface area contributed by atoms with Crippen molar-refractivity contribution in [2.24, 2.45) is 0 Å². The van der Waals surface area contributed by atoms with Crippen LogP contribution >= 0.6 is 0 Å². The Balaban J connectivity index is 2.59. The quantitative estimate of drug-likeness (QED) is 0.849. The maximum Gasteiger partial charge on any atom is 0.0449 e. The molecule has 0 spiro atoms. The van der Waals surface area contributed by atoms with Crippen LogP contribution in [0, 0.1) is 0 Å². The number of aryl methyl sites for hydroxylation is 1. The lowest BCUT2D eigenvalue weighted by atomic mass is 9.95. The molecular weight excluding hydrogens is 244 g/mol. The first-order chi connectivity index (χ1) is 9.81. The van der Waals surface area contributed by atoms with E-state index >= 15 is 0 Å². The normalized spacial score (nSPS) is 10.8. The highest BCUT2D eigenvalue weighted by Crippen LogP contribution is 2.33. The van der Waals surface area contributed by atoms with Gasteiger partial charge in [-0.05, 0) is 35.4 Å². The summed E-state index contributed by atoms with van der Waals surface area (Å²) in [6.07, 6.45) is 5.09. The smallest absolute Gasteiger partial charge is 0.0449 e. The molecule has 2 rings (SSSR count). The second kappa shape index (κ2) is 6.80. The monoisotopic (exact) mass is 266 g/mol. The van der Waals surface area contributed by atoms with Crippen LogP contribution in [0.1, 0.15) is 18.1 Å². The second-order valence-corrected chi connectivity index (χ2v) is 4.65. The molecule has 2 N–H and O–H groups in total. The Labute approximate surface area is 121 Å². The number of hydrogen-bond acceptors (Lipinski definition) is 2. The summed E-state index contributed by atoms with van der Waals surface area (Å²) in [5.74, 6) is 0. The zero-order chi connectivity index (χ0) is 14.4. The van der Waals surface area contributed by atoms with E-state index in [4.69, 9.17) is 0 Å². The maximum absolute atomic E-state index is 3.36. The molecule has 0 atom stereocenters. The van der Waals surface area contributed by atoms with Crippen LogP contribution in [0.15, 0.2) is 48.7 Å². The van der Waals surface area contributed by atoms with Gasteiger partial charge in [0.25, 0.3) is 0 Å². The fourth-order valence-corrected chi connectivity index (χ4v) is 2.48. The molecule has 0 amide bonds. The first kappa shape index (κ1) is 14.2. The van der Waals surface area contributed by atoms with Gasteiger partial charge in [-0.25, -0.2) is 0 Å². The van der Waals surface area contributed by atoms with Crippen LogP contribution in [0.25, 0.3) is 17.2 Å². The molecule has 0 heterocycles. The first-order valence-electron chi connectivity index (χ1n) is 7.04. The number of para-hydroxylation sites is 1. The van der Waals surface area contributed by atoms with Gasteiger partial charge in [-0.1, -0.05) is 49.4 Å². The van der Waals surface area contributed by atoms with Crippen LogP contribution in [-0.4, -0.2) is 14.1 Å². The van der Waals surface area contributed by atoms with E-state index in [9.17, 15) is 0 Å². The number of benzene rings is 2. The lowest BCUT2D eigenvalue weighted by Gasteiger charge is -2.15. The van der Waals surface area contributed by atoms with Gasteiger partial charge in [-0.15, -0.1) is 0 Å². The fourth-order valence-electron chi connectivity index (χ4n) is 2.48. The fraction of sp³-hybridized carbons (Fsp3) is 0.222. The minimum Gasteiger partial charge on any atom is -0.394 e. The van der Waals surface area contributed by atoms with Gasteiger partial charge in [0.2, 0.25) is 0 Å². The standard InChI is InChI=1S/C18H22N2/c1-4-14-9-7-11-17(18(14)20-3)16-10-6-5-8-15(16)12-13-19-2/h5-13,19-20H,4H2,1-3H3/b13-12-. The van der Waals surface area contributed by atoms with Crippen LogP contribution in [-0.2, 0) is 6.42 Å². The minimum atomic E-state index is 1.03. The Morgan fingerprint density at radius 1 is 0.950 bits per heavy atom. The third kappa shape index (κ3) is 2.85. The van der Waals surface area contributed by atoms with Crippen molar-refractivity contribution in [1.82, 2.24) is 5.32 Å². The zero-order valence-electron chi connectivity index (χ0n) is 12.4. The summed E-state index contributed by atoms with van der Waals surface area (Å²) in [4.78, 5) is 0. The lowest BCUT2D eigenvalue weighted by Crippen LogP contribution is -1.98. The van der Waals surface area contributed by atoms with E-state index in [2.05, 4.69) is 66.1 Å². The highest BCUT2D eigenvalue weighted by atomic mass is 14.8. The molecule has 0 aromatic heterocycles. The highest BCUT2D eigenvalue weighted by Gasteiger charge is 2.09. The Morgan fingerprint density at radius 2 is 1.70 bits per heavy atom. The Bertz CT molecular complexity index is 600. The minimum absolute atomic E-state index is 1.03. The van der Waals surface area contributed by atoms with E-state index in [-0.39, 0.29) is 0 Å². The molecule has 0 saturated heterocycles. The van der Waals surface area contributed by atoms with E-state index in [0.29, 0.717) is 0 Å². The van der Waals surface area contributed by atoms with Gasteiger partial charge in [-0.3, -0.25) is 0 Å².